The first-order valence-electron chi connectivity index (χ1n) is 6.50. The molecule has 2 aromatic rings. The van der Waals surface area contributed by atoms with E-state index in [0.29, 0.717) is 18.9 Å². The van der Waals surface area contributed by atoms with E-state index in [1.807, 2.05) is 50.2 Å². The van der Waals surface area contributed by atoms with Crippen molar-refractivity contribution in [2.75, 3.05) is 12.3 Å². The second kappa shape index (κ2) is 6.66. The highest BCUT2D eigenvalue weighted by Gasteiger charge is 2.07. The Morgan fingerprint density at radius 2 is 1.80 bits per heavy atom. The van der Waals surface area contributed by atoms with E-state index in [2.05, 4.69) is 15.9 Å². The first-order valence-corrected chi connectivity index (χ1v) is 7.29. The number of rotatable bonds is 5. The molecule has 0 unspecified atom stereocenters. The van der Waals surface area contributed by atoms with Gasteiger partial charge >= 0.3 is 0 Å². The van der Waals surface area contributed by atoms with Crippen molar-refractivity contribution >= 4 is 21.6 Å². The normalized spacial score (nSPS) is 10.3. The van der Waals surface area contributed by atoms with Crippen LogP contribution in [0, 0.1) is 6.92 Å². The summed E-state index contributed by atoms with van der Waals surface area (Å²) in [5, 5.41) is 0. The molecule has 0 saturated carbocycles. The van der Waals surface area contributed by atoms with Gasteiger partial charge in [0, 0.05) is 15.7 Å². The van der Waals surface area contributed by atoms with Gasteiger partial charge in [-0.2, -0.15) is 0 Å². The molecule has 0 saturated heterocycles. The minimum atomic E-state index is 0.433. The highest BCUT2D eigenvalue weighted by atomic mass is 79.9. The summed E-state index contributed by atoms with van der Waals surface area (Å²) >= 11 is 3.44. The third-order valence-corrected chi connectivity index (χ3v) is 3.40. The SMILES string of the molecule is CCOc1ccc(N)cc1COc1ccc(Br)cc1C. The molecule has 0 fully saturated rings. The van der Waals surface area contributed by atoms with Gasteiger partial charge in [-0.3, -0.25) is 0 Å². The van der Waals surface area contributed by atoms with Gasteiger partial charge in [0.15, 0.2) is 0 Å². The van der Waals surface area contributed by atoms with Crippen LogP contribution in [0.3, 0.4) is 0 Å². The zero-order valence-corrected chi connectivity index (χ0v) is 13.2. The molecule has 2 aromatic carbocycles. The van der Waals surface area contributed by atoms with Crippen LogP contribution in [0.1, 0.15) is 18.1 Å². The summed E-state index contributed by atoms with van der Waals surface area (Å²) in [6, 6.07) is 11.5. The summed E-state index contributed by atoms with van der Waals surface area (Å²) in [6.45, 7) is 5.03. The van der Waals surface area contributed by atoms with Crippen LogP contribution in [0.4, 0.5) is 5.69 Å². The molecule has 0 heterocycles. The zero-order chi connectivity index (χ0) is 14.5. The summed E-state index contributed by atoms with van der Waals surface area (Å²) in [6.07, 6.45) is 0. The lowest BCUT2D eigenvalue weighted by Crippen LogP contribution is -2.02. The second-order valence-electron chi connectivity index (χ2n) is 4.50. The number of ether oxygens (including phenoxy) is 2. The van der Waals surface area contributed by atoms with E-state index in [-0.39, 0.29) is 0 Å². The minimum Gasteiger partial charge on any atom is -0.493 e. The second-order valence-corrected chi connectivity index (χ2v) is 5.41. The maximum Gasteiger partial charge on any atom is 0.126 e. The van der Waals surface area contributed by atoms with Crippen LogP contribution in [-0.2, 0) is 6.61 Å². The van der Waals surface area contributed by atoms with E-state index < -0.39 is 0 Å². The number of nitrogens with two attached hydrogens (primary N) is 1. The standard InChI is InChI=1S/C16H18BrNO2/c1-3-19-16-7-5-14(18)9-12(16)10-20-15-6-4-13(17)8-11(15)2/h4-9H,3,10,18H2,1-2H3. The van der Waals surface area contributed by atoms with E-state index in [0.717, 1.165) is 27.1 Å². The van der Waals surface area contributed by atoms with Crippen LogP contribution in [0.25, 0.3) is 0 Å². The van der Waals surface area contributed by atoms with Gasteiger partial charge in [0.25, 0.3) is 0 Å². The molecule has 2 rings (SSSR count). The average Bonchev–Trinajstić information content (AvgIpc) is 2.41. The van der Waals surface area contributed by atoms with Crippen molar-refractivity contribution in [3.05, 3.63) is 52.0 Å². The molecular formula is C16H18BrNO2. The lowest BCUT2D eigenvalue weighted by atomic mass is 10.2. The number of aryl methyl sites for hydroxylation is 1. The largest absolute Gasteiger partial charge is 0.493 e. The Morgan fingerprint density at radius 1 is 1.05 bits per heavy atom. The third kappa shape index (κ3) is 3.67. The van der Waals surface area contributed by atoms with Crippen molar-refractivity contribution < 1.29 is 9.47 Å². The zero-order valence-electron chi connectivity index (χ0n) is 11.7. The Morgan fingerprint density at radius 3 is 2.50 bits per heavy atom. The van der Waals surface area contributed by atoms with Crippen LogP contribution < -0.4 is 15.2 Å². The first-order chi connectivity index (χ1) is 9.60. The molecular weight excluding hydrogens is 318 g/mol. The Kier molecular flexibility index (Phi) is 4.90. The molecule has 0 radical (unpaired) electrons. The number of benzene rings is 2. The summed E-state index contributed by atoms with van der Waals surface area (Å²) in [7, 11) is 0. The number of nitrogen functional groups attached to an aromatic ring is 1. The van der Waals surface area contributed by atoms with E-state index in [9.17, 15) is 0 Å². The Balaban J connectivity index is 2.15. The predicted molar refractivity (Wildman–Crippen MR) is 85.2 cm³/mol. The molecule has 0 amide bonds. The fraction of sp³-hybridized carbons (Fsp3) is 0.250. The number of hydrogen-bond acceptors (Lipinski definition) is 3. The van der Waals surface area contributed by atoms with Crippen molar-refractivity contribution in [3.63, 3.8) is 0 Å². The molecule has 20 heavy (non-hydrogen) atoms. The Hall–Kier alpha value is -1.68. The molecule has 4 heteroatoms. The van der Waals surface area contributed by atoms with Gasteiger partial charge in [0.1, 0.15) is 18.1 Å². The lowest BCUT2D eigenvalue weighted by Gasteiger charge is -2.13. The van der Waals surface area contributed by atoms with Gasteiger partial charge in [-0.15, -0.1) is 0 Å². The number of hydrogen-bond donors (Lipinski definition) is 1. The fourth-order valence-corrected chi connectivity index (χ4v) is 2.41. The van der Waals surface area contributed by atoms with E-state index in [4.69, 9.17) is 15.2 Å². The van der Waals surface area contributed by atoms with Crippen molar-refractivity contribution in [1.82, 2.24) is 0 Å². The summed E-state index contributed by atoms with van der Waals surface area (Å²) < 4.78 is 12.5. The molecule has 3 nitrogen and oxygen atoms in total. The lowest BCUT2D eigenvalue weighted by molar-refractivity contribution is 0.285. The smallest absolute Gasteiger partial charge is 0.126 e. The summed E-state index contributed by atoms with van der Waals surface area (Å²) in [4.78, 5) is 0. The van der Waals surface area contributed by atoms with Gasteiger partial charge in [0.05, 0.1) is 6.61 Å². The molecule has 2 N–H and O–H groups in total. The van der Waals surface area contributed by atoms with Crippen LogP contribution in [0.2, 0.25) is 0 Å². The quantitative estimate of drug-likeness (QED) is 0.827. The summed E-state index contributed by atoms with van der Waals surface area (Å²) in [5.74, 6) is 1.68. The molecule has 106 valence electrons. The minimum absolute atomic E-state index is 0.433. The Bertz CT molecular complexity index is 599. The molecule has 0 bridgehead atoms. The van der Waals surface area contributed by atoms with Crippen LogP contribution in [0.15, 0.2) is 40.9 Å². The third-order valence-electron chi connectivity index (χ3n) is 2.90. The van der Waals surface area contributed by atoms with Crippen LogP contribution >= 0.6 is 15.9 Å². The maximum atomic E-state index is 5.86. The molecule has 0 atom stereocenters. The van der Waals surface area contributed by atoms with E-state index >= 15 is 0 Å². The van der Waals surface area contributed by atoms with Gasteiger partial charge < -0.3 is 15.2 Å². The van der Waals surface area contributed by atoms with Crippen LogP contribution in [0.5, 0.6) is 11.5 Å². The van der Waals surface area contributed by atoms with E-state index in [1.54, 1.807) is 0 Å². The van der Waals surface area contributed by atoms with Gasteiger partial charge in [-0.25, -0.2) is 0 Å². The predicted octanol–water partition coefficient (Wildman–Crippen LogP) is 4.32. The van der Waals surface area contributed by atoms with Crippen molar-refractivity contribution in [3.8, 4) is 11.5 Å². The van der Waals surface area contributed by atoms with Gasteiger partial charge in [0.2, 0.25) is 0 Å². The van der Waals surface area contributed by atoms with Crippen molar-refractivity contribution in [2.24, 2.45) is 0 Å². The van der Waals surface area contributed by atoms with Gasteiger partial charge in [-0.05, 0) is 55.8 Å². The molecule has 0 aliphatic heterocycles. The highest BCUT2D eigenvalue weighted by molar-refractivity contribution is 9.10. The first kappa shape index (κ1) is 14.7. The monoisotopic (exact) mass is 335 g/mol. The Labute approximate surface area is 127 Å². The maximum absolute atomic E-state index is 5.86. The highest BCUT2D eigenvalue weighted by Crippen LogP contribution is 2.26. The number of halogens is 1. The van der Waals surface area contributed by atoms with Gasteiger partial charge in [-0.1, -0.05) is 15.9 Å². The average molecular weight is 336 g/mol. The van der Waals surface area contributed by atoms with Crippen molar-refractivity contribution in [2.45, 2.75) is 20.5 Å². The topological polar surface area (TPSA) is 44.5 Å². The molecule has 0 aliphatic carbocycles. The molecule has 0 aromatic heterocycles. The summed E-state index contributed by atoms with van der Waals surface area (Å²) in [5.41, 5.74) is 8.57. The molecule has 0 aliphatic rings. The fourth-order valence-electron chi connectivity index (χ4n) is 1.94. The number of anilines is 1. The molecule has 0 spiro atoms. The van der Waals surface area contributed by atoms with Crippen molar-refractivity contribution in [1.29, 1.82) is 0 Å². The van der Waals surface area contributed by atoms with E-state index in [1.165, 1.54) is 0 Å². The van der Waals surface area contributed by atoms with Crippen LogP contribution in [-0.4, -0.2) is 6.61 Å².